The molecule has 25 heavy (non-hydrogen) atoms. The summed E-state index contributed by atoms with van der Waals surface area (Å²) in [6, 6.07) is 10.8. The highest BCUT2D eigenvalue weighted by Gasteiger charge is 2.13. The molecule has 0 saturated heterocycles. The minimum atomic E-state index is -2.40. The first-order valence-electron chi connectivity index (χ1n) is 7.21. The predicted molar refractivity (Wildman–Crippen MR) is 87.6 cm³/mol. The van der Waals surface area contributed by atoms with E-state index >= 15 is 0 Å². The van der Waals surface area contributed by atoms with Gasteiger partial charge in [0.25, 0.3) is 0 Å². The van der Waals surface area contributed by atoms with E-state index in [9.17, 15) is 21.9 Å². The number of pyridine rings is 1. The van der Waals surface area contributed by atoms with Crippen molar-refractivity contribution in [1.82, 2.24) is 4.98 Å². The summed E-state index contributed by atoms with van der Waals surface area (Å²) in [5.41, 5.74) is 1.72. The topological polar surface area (TPSA) is 53.0 Å². The Morgan fingerprint density at radius 2 is 1.64 bits per heavy atom. The average molecular weight is 362 g/mol. The van der Waals surface area contributed by atoms with Gasteiger partial charge in [0.05, 0.1) is 5.69 Å². The van der Waals surface area contributed by atoms with E-state index in [1.165, 1.54) is 30.5 Å². The molecule has 1 unspecified atom stereocenters. The van der Waals surface area contributed by atoms with Crippen LogP contribution < -0.4 is 0 Å². The van der Waals surface area contributed by atoms with Crippen LogP contribution in [0.4, 0.5) is 13.2 Å². The summed E-state index contributed by atoms with van der Waals surface area (Å²) < 4.78 is 62.3. The zero-order valence-electron chi connectivity index (χ0n) is 12.7. The number of halogens is 3. The molecule has 0 fully saturated rings. The molecule has 1 heterocycles. The molecule has 0 bridgehead atoms. The highest BCUT2D eigenvalue weighted by molar-refractivity contribution is 7.78. The second kappa shape index (κ2) is 7.16. The molecule has 0 N–H and O–H groups in total. The number of benzene rings is 2. The minimum absolute atomic E-state index is 0.0439. The van der Waals surface area contributed by atoms with E-state index in [0.717, 1.165) is 12.1 Å². The Balaban J connectivity index is 2.08. The lowest BCUT2D eigenvalue weighted by molar-refractivity contribution is 0.509. The van der Waals surface area contributed by atoms with Gasteiger partial charge in [-0.3, -0.25) is 9.19 Å². The second-order valence-electron chi connectivity index (χ2n) is 5.28. The van der Waals surface area contributed by atoms with Crippen molar-refractivity contribution in [3.8, 4) is 22.4 Å². The first kappa shape index (κ1) is 17.3. The van der Waals surface area contributed by atoms with Crippen LogP contribution in [0, 0.1) is 17.5 Å². The summed E-state index contributed by atoms with van der Waals surface area (Å²) in [5.74, 6) is -3.06. The van der Waals surface area contributed by atoms with Gasteiger partial charge < -0.3 is 4.55 Å². The summed E-state index contributed by atoms with van der Waals surface area (Å²) in [4.78, 5) is 4.20. The molecule has 0 aliphatic carbocycles. The van der Waals surface area contributed by atoms with Crippen LogP contribution in [0.1, 0.15) is 5.56 Å². The monoisotopic (exact) mass is 362 g/mol. The van der Waals surface area contributed by atoms with Crippen molar-refractivity contribution in [1.29, 1.82) is 0 Å². The molecular weight excluding hydrogens is 351 g/mol. The Hall–Kier alpha value is -2.51. The van der Waals surface area contributed by atoms with E-state index in [0.29, 0.717) is 22.4 Å². The molecule has 2 aromatic carbocycles. The third-order valence-electron chi connectivity index (χ3n) is 3.64. The van der Waals surface area contributed by atoms with E-state index in [4.69, 9.17) is 0 Å². The zero-order chi connectivity index (χ0) is 18.0. The van der Waals surface area contributed by atoms with Gasteiger partial charge in [0.2, 0.25) is 0 Å². The van der Waals surface area contributed by atoms with E-state index in [1.807, 2.05) is 0 Å². The maximum Gasteiger partial charge on any atom is 0.159 e. The van der Waals surface area contributed by atoms with Gasteiger partial charge in [-0.05, 0) is 35.4 Å². The van der Waals surface area contributed by atoms with Gasteiger partial charge >= 0.3 is 0 Å². The van der Waals surface area contributed by atoms with Crippen LogP contribution in [0.25, 0.3) is 22.4 Å². The fraction of sp³-hybridized carbons (Fsp3) is 0.0556. The summed E-state index contributed by atoms with van der Waals surface area (Å²) in [6.07, 6.45) is 1.50. The largest absolute Gasteiger partial charge is 0.772 e. The average Bonchev–Trinajstić information content (AvgIpc) is 2.59. The van der Waals surface area contributed by atoms with Crippen molar-refractivity contribution >= 4 is 11.1 Å². The molecule has 0 spiro atoms. The lowest BCUT2D eigenvalue weighted by atomic mass is 9.98. The highest BCUT2D eigenvalue weighted by Crippen LogP contribution is 2.31. The molecule has 128 valence electrons. The van der Waals surface area contributed by atoms with Crippen molar-refractivity contribution in [2.75, 3.05) is 0 Å². The molecule has 0 saturated carbocycles. The van der Waals surface area contributed by atoms with E-state index in [-0.39, 0.29) is 5.56 Å². The first-order valence-corrected chi connectivity index (χ1v) is 8.45. The van der Waals surface area contributed by atoms with Crippen LogP contribution in [0.5, 0.6) is 0 Å². The molecule has 7 heteroatoms. The molecule has 1 aromatic heterocycles. The Morgan fingerprint density at radius 1 is 0.920 bits per heavy atom. The lowest BCUT2D eigenvalue weighted by Crippen LogP contribution is -1.98. The van der Waals surface area contributed by atoms with Crippen LogP contribution >= 0.6 is 0 Å². The van der Waals surface area contributed by atoms with Crippen molar-refractivity contribution in [2.24, 2.45) is 0 Å². The van der Waals surface area contributed by atoms with Crippen molar-refractivity contribution in [3.05, 3.63) is 77.7 Å². The molecule has 0 amide bonds. The minimum Gasteiger partial charge on any atom is -0.772 e. The summed E-state index contributed by atoms with van der Waals surface area (Å²) in [7, 11) is 0. The SMILES string of the molecule is O=S([O-])Cc1ccc(-c2ncccc2-c2ccc(F)c(F)c2)cc1F. The number of hydrogen-bond acceptors (Lipinski definition) is 3. The van der Waals surface area contributed by atoms with Crippen molar-refractivity contribution in [3.63, 3.8) is 0 Å². The van der Waals surface area contributed by atoms with E-state index in [2.05, 4.69) is 4.98 Å². The van der Waals surface area contributed by atoms with Gasteiger partial charge in [0.15, 0.2) is 11.6 Å². The third kappa shape index (κ3) is 3.78. The van der Waals surface area contributed by atoms with E-state index in [1.54, 1.807) is 12.1 Å². The molecule has 3 nitrogen and oxygen atoms in total. The molecule has 1 atom stereocenters. The van der Waals surface area contributed by atoms with E-state index < -0.39 is 34.3 Å². The van der Waals surface area contributed by atoms with Gasteiger partial charge in [0.1, 0.15) is 5.82 Å². The molecule has 0 radical (unpaired) electrons. The number of hydrogen-bond donors (Lipinski definition) is 0. The predicted octanol–water partition coefficient (Wildman–Crippen LogP) is 4.21. The molecule has 3 rings (SSSR count). The summed E-state index contributed by atoms with van der Waals surface area (Å²) >= 11 is -2.40. The van der Waals surface area contributed by atoms with Gasteiger partial charge in [-0.25, -0.2) is 13.2 Å². The standard InChI is InChI=1S/C18H12F3NO2S/c19-15-6-5-11(8-17(15)21)14-2-1-7-22-18(14)12-3-4-13(10-25(23)24)16(20)9-12/h1-9H,10H2,(H,23,24)/p-1. The molecule has 3 aromatic rings. The Labute approximate surface area is 144 Å². The summed E-state index contributed by atoms with van der Waals surface area (Å²) in [6.45, 7) is 0. The summed E-state index contributed by atoms with van der Waals surface area (Å²) in [5, 5.41) is 0. The van der Waals surface area contributed by atoms with Crippen LogP contribution in [0.15, 0.2) is 54.7 Å². The van der Waals surface area contributed by atoms with Crippen LogP contribution in [0.3, 0.4) is 0 Å². The van der Waals surface area contributed by atoms with Gasteiger partial charge in [-0.1, -0.05) is 35.3 Å². The maximum atomic E-state index is 14.1. The molecule has 0 aliphatic rings. The maximum absolute atomic E-state index is 14.1. The van der Waals surface area contributed by atoms with Crippen molar-refractivity contribution < 1.29 is 21.9 Å². The highest BCUT2D eigenvalue weighted by atomic mass is 32.2. The number of aromatic nitrogens is 1. The number of rotatable bonds is 4. The fourth-order valence-electron chi connectivity index (χ4n) is 2.47. The zero-order valence-corrected chi connectivity index (χ0v) is 13.5. The van der Waals surface area contributed by atoms with Crippen molar-refractivity contribution in [2.45, 2.75) is 5.75 Å². The quantitative estimate of drug-likeness (QED) is 0.653. The fourth-order valence-corrected chi connectivity index (χ4v) is 2.96. The number of nitrogens with zero attached hydrogens (tertiary/aromatic N) is 1. The van der Waals surface area contributed by atoms with Crippen LogP contribution in [0.2, 0.25) is 0 Å². The smallest absolute Gasteiger partial charge is 0.159 e. The molecular formula is C18H11F3NO2S-. The Kier molecular flexibility index (Phi) is 4.96. The van der Waals surface area contributed by atoms with Crippen LogP contribution in [-0.2, 0) is 16.8 Å². The second-order valence-corrected chi connectivity index (χ2v) is 6.18. The van der Waals surface area contributed by atoms with Gasteiger partial charge in [0, 0.05) is 23.1 Å². The normalized spacial score (nSPS) is 12.2. The van der Waals surface area contributed by atoms with Crippen LogP contribution in [-0.4, -0.2) is 13.7 Å². The van der Waals surface area contributed by atoms with Gasteiger partial charge in [-0.15, -0.1) is 0 Å². The third-order valence-corrected chi connectivity index (χ3v) is 4.18. The lowest BCUT2D eigenvalue weighted by Gasteiger charge is -2.11. The van der Waals surface area contributed by atoms with Gasteiger partial charge in [-0.2, -0.15) is 0 Å². The Bertz CT molecular complexity index is 963. The molecule has 0 aliphatic heterocycles. The Morgan fingerprint density at radius 3 is 2.32 bits per heavy atom. The first-order chi connectivity index (χ1) is 12.0.